The molecule has 0 unspecified atom stereocenters. The van der Waals surface area contributed by atoms with Crippen LogP contribution < -0.4 is 0 Å². The van der Waals surface area contributed by atoms with Gasteiger partial charge in [-0.15, -0.1) is 0 Å². The van der Waals surface area contributed by atoms with Crippen LogP contribution in [0.5, 0.6) is 5.75 Å². The molecule has 1 aromatic rings. The summed E-state index contributed by atoms with van der Waals surface area (Å²) in [4.78, 5) is 0. The smallest absolute Gasteiger partial charge is 0.115 e. The third-order valence-corrected chi connectivity index (χ3v) is 7.94. The van der Waals surface area contributed by atoms with E-state index < -0.39 is 11.7 Å². The highest BCUT2D eigenvalue weighted by Crippen LogP contribution is 2.74. The van der Waals surface area contributed by atoms with Gasteiger partial charge in [0, 0.05) is 10.8 Å². The van der Waals surface area contributed by atoms with E-state index in [1.54, 1.807) is 6.07 Å². The molecule has 3 heteroatoms. The summed E-state index contributed by atoms with van der Waals surface area (Å²) in [5.74, 6) is 1.30. The van der Waals surface area contributed by atoms with Crippen molar-refractivity contribution in [3.8, 4) is 5.75 Å². The minimum absolute atomic E-state index is 0.0837. The minimum atomic E-state index is -1.05. The number of hydrogen-bond acceptors (Lipinski definition) is 3. The molecule has 23 heavy (non-hydrogen) atoms. The maximum Gasteiger partial charge on any atom is 0.115 e. The Bertz CT molecular complexity index is 726. The Kier molecular flexibility index (Phi) is 2.45. The molecule has 2 saturated carbocycles. The van der Waals surface area contributed by atoms with Gasteiger partial charge in [-0.1, -0.05) is 25.1 Å². The Morgan fingerprint density at radius 3 is 2.78 bits per heavy atom. The lowest BCUT2D eigenvalue weighted by Crippen LogP contribution is -2.53. The Hall–Kier alpha value is -1.32. The normalized spacial score (nSPS) is 49.6. The predicted molar refractivity (Wildman–Crippen MR) is 87.1 cm³/mol. The first-order valence-electron chi connectivity index (χ1n) is 8.84. The first kappa shape index (κ1) is 14.1. The van der Waals surface area contributed by atoms with Crippen molar-refractivity contribution in [1.82, 2.24) is 0 Å². The van der Waals surface area contributed by atoms with E-state index in [9.17, 15) is 15.3 Å². The highest BCUT2D eigenvalue weighted by atomic mass is 16.3. The van der Waals surface area contributed by atoms with Crippen LogP contribution in [0.1, 0.15) is 49.7 Å². The summed E-state index contributed by atoms with van der Waals surface area (Å²) in [5.41, 5.74) is 1.28. The van der Waals surface area contributed by atoms with Crippen LogP contribution >= 0.6 is 0 Å². The molecule has 0 amide bonds. The molecule has 0 radical (unpaired) electrons. The van der Waals surface area contributed by atoms with E-state index in [0.29, 0.717) is 24.0 Å². The van der Waals surface area contributed by atoms with Crippen LogP contribution in [0, 0.1) is 16.7 Å². The van der Waals surface area contributed by atoms with Gasteiger partial charge in [-0.05, 0) is 67.2 Å². The fourth-order valence-electron chi connectivity index (χ4n) is 6.70. The maximum atomic E-state index is 11.1. The van der Waals surface area contributed by atoms with Crippen molar-refractivity contribution in [3.05, 3.63) is 41.5 Å². The molecule has 0 aliphatic heterocycles. The van der Waals surface area contributed by atoms with Gasteiger partial charge in [0.1, 0.15) is 11.4 Å². The SMILES string of the molecule is C[C@]12CC[C@@H]3c4ccc(O)cc4CC[C@H]3[C@@]13C=C[C@]2(O)[C@@H](O)C3. The second-order valence-electron chi connectivity index (χ2n) is 8.42. The zero-order valence-corrected chi connectivity index (χ0v) is 13.5. The molecule has 0 spiro atoms. The number of aliphatic hydroxyl groups excluding tert-OH is 1. The molecule has 122 valence electrons. The topological polar surface area (TPSA) is 60.7 Å². The molecule has 4 aliphatic rings. The lowest BCUT2D eigenvalue weighted by atomic mass is 9.48. The minimum Gasteiger partial charge on any atom is -0.508 e. The van der Waals surface area contributed by atoms with Gasteiger partial charge in [0.15, 0.2) is 0 Å². The number of phenolic OH excluding ortho intramolecular Hbond substituents is 1. The number of phenols is 1. The molecule has 4 aliphatic carbocycles. The van der Waals surface area contributed by atoms with E-state index in [0.717, 1.165) is 25.7 Å². The number of rotatable bonds is 0. The van der Waals surface area contributed by atoms with Crippen molar-refractivity contribution in [2.75, 3.05) is 0 Å². The summed E-state index contributed by atoms with van der Waals surface area (Å²) in [5, 5.41) is 31.4. The van der Waals surface area contributed by atoms with Crippen molar-refractivity contribution in [1.29, 1.82) is 0 Å². The molecular formula is C20H24O3. The Labute approximate surface area is 136 Å². The largest absolute Gasteiger partial charge is 0.508 e. The van der Waals surface area contributed by atoms with Gasteiger partial charge in [0.25, 0.3) is 0 Å². The van der Waals surface area contributed by atoms with Crippen LogP contribution in [0.3, 0.4) is 0 Å². The summed E-state index contributed by atoms with van der Waals surface area (Å²) in [6.07, 6.45) is 8.22. The van der Waals surface area contributed by atoms with Crippen molar-refractivity contribution < 1.29 is 15.3 Å². The van der Waals surface area contributed by atoms with Crippen LogP contribution in [0.4, 0.5) is 0 Å². The lowest BCUT2D eigenvalue weighted by Gasteiger charge is -2.56. The van der Waals surface area contributed by atoms with Crippen LogP contribution in [0.2, 0.25) is 0 Å². The van der Waals surface area contributed by atoms with Gasteiger partial charge in [-0.2, -0.15) is 0 Å². The lowest BCUT2D eigenvalue weighted by molar-refractivity contribution is -0.112. The van der Waals surface area contributed by atoms with Crippen molar-refractivity contribution >= 4 is 0 Å². The third-order valence-electron chi connectivity index (χ3n) is 7.94. The Morgan fingerprint density at radius 2 is 2.00 bits per heavy atom. The molecule has 3 nitrogen and oxygen atoms in total. The van der Waals surface area contributed by atoms with Gasteiger partial charge in [0.05, 0.1) is 6.10 Å². The summed E-state index contributed by atoms with van der Waals surface area (Å²) < 4.78 is 0. The van der Waals surface area contributed by atoms with Gasteiger partial charge in [-0.25, -0.2) is 0 Å². The van der Waals surface area contributed by atoms with E-state index in [1.807, 2.05) is 12.1 Å². The van der Waals surface area contributed by atoms with E-state index in [1.165, 1.54) is 11.1 Å². The molecule has 0 heterocycles. The van der Waals surface area contributed by atoms with Gasteiger partial charge in [0.2, 0.25) is 0 Å². The number of aliphatic hydroxyl groups is 2. The van der Waals surface area contributed by atoms with Gasteiger partial charge < -0.3 is 15.3 Å². The zero-order chi connectivity index (χ0) is 16.0. The van der Waals surface area contributed by atoms with Crippen molar-refractivity contribution in [3.63, 3.8) is 0 Å². The van der Waals surface area contributed by atoms with Gasteiger partial charge in [-0.3, -0.25) is 0 Å². The Morgan fingerprint density at radius 1 is 1.17 bits per heavy atom. The van der Waals surface area contributed by atoms with E-state index >= 15 is 0 Å². The molecule has 5 rings (SSSR count). The zero-order valence-electron chi connectivity index (χ0n) is 13.5. The summed E-state index contributed by atoms with van der Waals surface area (Å²) >= 11 is 0. The molecule has 2 fully saturated rings. The molecule has 2 bridgehead atoms. The molecule has 0 saturated heterocycles. The van der Waals surface area contributed by atoms with Crippen LogP contribution in [-0.4, -0.2) is 27.0 Å². The number of aromatic hydroxyl groups is 1. The fourth-order valence-corrected chi connectivity index (χ4v) is 6.70. The monoisotopic (exact) mass is 312 g/mol. The molecule has 6 atom stereocenters. The highest BCUT2D eigenvalue weighted by molar-refractivity contribution is 5.45. The standard InChI is InChI=1S/C20H24O3/c1-18-7-6-15-14-4-3-13(21)10-12(14)2-5-16(15)19(18)8-9-20(18,23)17(22)11-19/h3-4,8-10,15-17,21-23H,2,5-7,11H2,1H3/t15-,16-,17+,18+,19+,20+/m1/s1. The molecule has 3 N–H and O–H groups in total. The first-order valence-corrected chi connectivity index (χ1v) is 8.84. The number of benzene rings is 1. The van der Waals surface area contributed by atoms with E-state index in [2.05, 4.69) is 19.1 Å². The predicted octanol–water partition coefficient (Wildman–Crippen LogP) is 2.89. The molecular weight excluding hydrogens is 288 g/mol. The highest BCUT2D eigenvalue weighted by Gasteiger charge is 2.74. The summed E-state index contributed by atoms with van der Waals surface area (Å²) in [6, 6.07) is 5.81. The quantitative estimate of drug-likeness (QED) is 0.646. The van der Waals surface area contributed by atoms with Crippen molar-refractivity contribution in [2.24, 2.45) is 16.7 Å². The van der Waals surface area contributed by atoms with Gasteiger partial charge >= 0.3 is 0 Å². The summed E-state index contributed by atoms with van der Waals surface area (Å²) in [7, 11) is 0. The van der Waals surface area contributed by atoms with E-state index in [4.69, 9.17) is 0 Å². The Balaban J connectivity index is 1.64. The molecule has 0 aromatic heterocycles. The maximum absolute atomic E-state index is 11.1. The number of aryl methyl sites for hydroxylation is 1. The number of hydrogen-bond donors (Lipinski definition) is 3. The second-order valence-corrected chi connectivity index (χ2v) is 8.42. The van der Waals surface area contributed by atoms with Crippen LogP contribution in [-0.2, 0) is 6.42 Å². The van der Waals surface area contributed by atoms with Crippen LogP contribution in [0.25, 0.3) is 0 Å². The second kappa shape index (κ2) is 4.01. The number of fused-ring (bicyclic) bond motifs is 3. The average molecular weight is 312 g/mol. The van der Waals surface area contributed by atoms with E-state index in [-0.39, 0.29) is 10.8 Å². The average Bonchev–Trinajstić information content (AvgIpc) is 2.86. The van der Waals surface area contributed by atoms with Crippen molar-refractivity contribution in [2.45, 2.75) is 56.7 Å². The first-order chi connectivity index (χ1) is 10.9. The summed E-state index contributed by atoms with van der Waals surface area (Å²) in [6.45, 7) is 2.19. The third kappa shape index (κ3) is 1.37. The van der Waals surface area contributed by atoms with Crippen LogP contribution in [0.15, 0.2) is 30.4 Å². The molecule has 1 aromatic carbocycles. The fraction of sp³-hybridized carbons (Fsp3) is 0.600. The number of allylic oxidation sites excluding steroid dienone is 1.